The Morgan fingerprint density at radius 1 is 0.880 bits per heavy atom. The minimum absolute atomic E-state index is 0.174. The highest BCUT2D eigenvalue weighted by Crippen LogP contribution is 2.35. The topological polar surface area (TPSA) is 35.2 Å². The van der Waals surface area contributed by atoms with E-state index in [1.807, 2.05) is 12.1 Å². The van der Waals surface area contributed by atoms with Crippen LogP contribution >= 0.6 is 0 Å². The first kappa shape index (κ1) is 15.9. The van der Waals surface area contributed by atoms with E-state index in [4.69, 9.17) is 10.5 Å². The van der Waals surface area contributed by atoms with Crippen LogP contribution in [0.15, 0.2) is 72.8 Å². The van der Waals surface area contributed by atoms with Crippen molar-refractivity contribution in [1.82, 2.24) is 0 Å². The van der Waals surface area contributed by atoms with Crippen molar-refractivity contribution >= 4 is 0 Å². The molecular weight excluding hydrogens is 313 g/mol. The maximum atomic E-state index is 12.9. The SMILES string of the molecule is NC1Cc2ccccc2C1Cc1ccc(Oc2ccc(F)cc2)cc1. The first-order chi connectivity index (χ1) is 12.2. The summed E-state index contributed by atoms with van der Waals surface area (Å²) < 4.78 is 18.7. The zero-order valence-corrected chi connectivity index (χ0v) is 13.9. The summed E-state index contributed by atoms with van der Waals surface area (Å²) in [6.45, 7) is 0. The second-order valence-electron chi connectivity index (χ2n) is 6.58. The molecule has 0 bridgehead atoms. The predicted molar refractivity (Wildman–Crippen MR) is 97.5 cm³/mol. The van der Waals surface area contributed by atoms with Crippen LogP contribution in [0, 0.1) is 5.82 Å². The average molecular weight is 333 g/mol. The third-order valence-electron chi connectivity index (χ3n) is 4.86. The lowest BCUT2D eigenvalue weighted by Crippen LogP contribution is -2.26. The van der Waals surface area contributed by atoms with Gasteiger partial charge in [0.1, 0.15) is 17.3 Å². The monoisotopic (exact) mass is 333 g/mol. The van der Waals surface area contributed by atoms with Gasteiger partial charge in [0.05, 0.1) is 0 Å². The largest absolute Gasteiger partial charge is 0.457 e. The van der Waals surface area contributed by atoms with Crippen molar-refractivity contribution in [2.45, 2.75) is 24.8 Å². The molecule has 2 nitrogen and oxygen atoms in total. The van der Waals surface area contributed by atoms with Crippen LogP contribution in [-0.2, 0) is 12.8 Å². The van der Waals surface area contributed by atoms with Gasteiger partial charge in [-0.25, -0.2) is 4.39 Å². The number of hydrogen-bond acceptors (Lipinski definition) is 2. The van der Waals surface area contributed by atoms with Gasteiger partial charge < -0.3 is 10.5 Å². The Labute approximate surface area is 147 Å². The van der Waals surface area contributed by atoms with E-state index in [1.165, 1.54) is 28.8 Å². The molecule has 0 spiro atoms. The summed E-state index contributed by atoms with van der Waals surface area (Å²) in [5.74, 6) is 1.46. The van der Waals surface area contributed by atoms with Crippen LogP contribution in [0.1, 0.15) is 22.6 Å². The second-order valence-corrected chi connectivity index (χ2v) is 6.58. The van der Waals surface area contributed by atoms with Crippen LogP contribution in [0.5, 0.6) is 11.5 Å². The van der Waals surface area contributed by atoms with E-state index in [0.717, 1.165) is 18.6 Å². The maximum absolute atomic E-state index is 12.9. The Kier molecular flexibility index (Phi) is 4.24. The van der Waals surface area contributed by atoms with E-state index >= 15 is 0 Å². The number of hydrogen-bond donors (Lipinski definition) is 1. The molecule has 0 radical (unpaired) electrons. The molecule has 3 aromatic carbocycles. The van der Waals surface area contributed by atoms with Gasteiger partial charge in [-0.2, -0.15) is 0 Å². The van der Waals surface area contributed by atoms with E-state index in [2.05, 4.69) is 36.4 Å². The molecule has 0 aromatic heterocycles. The molecule has 0 amide bonds. The van der Waals surface area contributed by atoms with Crippen LogP contribution in [-0.4, -0.2) is 6.04 Å². The summed E-state index contributed by atoms with van der Waals surface area (Å²) in [7, 11) is 0. The smallest absolute Gasteiger partial charge is 0.127 e. The molecule has 1 aliphatic rings. The first-order valence-corrected chi connectivity index (χ1v) is 8.55. The number of ether oxygens (including phenoxy) is 1. The zero-order chi connectivity index (χ0) is 17.2. The molecule has 0 heterocycles. The molecule has 2 unspecified atom stereocenters. The quantitative estimate of drug-likeness (QED) is 0.742. The van der Waals surface area contributed by atoms with Gasteiger partial charge >= 0.3 is 0 Å². The van der Waals surface area contributed by atoms with Crippen LogP contribution in [0.25, 0.3) is 0 Å². The van der Waals surface area contributed by atoms with E-state index in [1.54, 1.807) is 12.1 Å². The number of fused-ring (bicyclic) bond motifs is 1. The van der Waals surface area contributed by atoms with Gasteiger partial charge in [-0.1, -0.05) is 36.4 Å². The Bertz CT molecular complexity index is 858. The molecule has 4 rings (SSSR count). The fourth-order valence-electron chi connectivity index (χ4n) is 3.56. The third-order valence-corrected chi connectivity index (χ3v) is 4.86. The normalized spacial score (nSPS) is 18.8. The molecule has 0 aliphatic heterocycles. The van der Waals surface area contributed by atoms with Crippen molar-refractivity contribution < 1.29 is 9.13 Å². The Morgan fingerprint density at radius 2 is 1.52 bits per heavy atom. The van der Waals surface area contributed by atoms with Gasteiger partial charge in [0.25, 0.3) is 0 Å². The molecule has 2 N–H and O–H groups in total. The standard InChI is InChI=1S/C22H20FNO/c23-17-7-11-19(12-8-17)25-18-9-5-15(6-10-18)13-21-20-4-2-1-3-16(20)14-22(21)24/h1-12,21-22H,13-14,24H2. The summed E-state index contributed by atoms with van der Waals surface area (Å²) in [5, 5.41) is 0. The summed E-state index contributed by atoms with van der Waals surface area (Å²) in [6.07, 6.45) is 1.88. The van der Waals surface area contributed by atoms with Gasteiger partial charge in [0, 0.05) is 12.0 Å². The van der Waals surface area contributed by atoms with Crippen molar-refractivity contribution in [3.8, 4) is 11.5 Å². The number of nitrogens with two attached hydrogens (primary N) is 1. The highest BCUT2D eigenvalue weighted by atomic mass is 19.1. The number of rotatable bonds is 4. The summed E-state index contributed by atoms with van der Waals surface area (Å²) in [5.41, 5.74) is 10.4. The molecule has 3 aromatic rings. The maximum Gasteiger partial charge on any atom is 0.127 e. The van der Waals surface area contributed by atoms with Crippen LogP contribution in [0.4, 0.5) is 4.39 Å². The molecular formula is C22H20FNO. The second kappa shape index (κ2) is 6.69. The third kappa shape index (κ3) is 3.42. The highest BCUT2D eigenvalue weighted by Gasteiger charge is 2.29. The van der Waals surface area contributed by atoms with E-state index < -0.39 is 0 Å². The molecule has 3 heteroatoms. The Hall–Kier alpha value is -2.65. The molecule has 126 valence electrons. The van der Waals surface area contributed by atoms with Gasteiger partial charge in [0.15, 0.2) is 0 Å². The lowest BCUT2D eigenvalue weighted by Gasteiger charge is -2.17. The van der Waals surface area contributed by atoms with E-state index in [9.17, 15) is 4.39 Å². The van der Waals surface area contributed by atoms with Crippen LogP contribution in [0.2, 0.25) is 0 Å². The fourth-order valence-corrected chi connectivity index (χ4v) is 3.56. The molecule has 2 atom stereocenters. The van der Waals surface area contributed by atoms with Crippen LogP contribution in [0.3, 0.4) is 0 Å². The minimum atomic E-state index is -0.268. The molecule has 0 saturated heterocycles. The number of benzene rings is 3. The van der Waals surface area contributed by atoms with Gasteiger partial charge in [-0.3, -0.25) is 0 Å². The molecule has 1 aliphatic carbocycles. The van der Waals surface area contributed by atoms with Gasteiger partial charge in [-0.15, -0.1) is 0 Å². The lowest BCUT2D eigenvalue weighted by molar-refractivity contribution is 0.480. The van der Waals surface area contributed by atoms with Gasteiger partial charge in [-0.05, 0) is 65.9 Å². The highest BCUT2D eigenvalue weighted by molar-refractivity contribution is 5.40. The van der Waals surface area contributed by atoms with Crippen molar-refractivity contribution in [3.05, 3.63) is 95.3 Å². The Morgan fingerprint density at radius 3 is 2.24 bits per heavy atom. The van der Waals surface area contributed by atoms with Crippen molar-refractivity contribution in [1.29, 1.82) is 0 Å². The first-order valence-electron chi connectivity index (χ1n) is 8.55. The minimum Gasteiger partial charge on any atom is -0.457 e. The fraction of sp³-hybridized carbons (Fsp3) is 0.182. The zero-order valence-electron chi connectivity index (χ0n) is 13.9. The summed E-state index contributed by atoms with van der Waals surface area (Å²) in [6, 6.07) is 22.8. The van der Waals surface area contributed by atoms with Crippen LogP contribution < -0.4 is 10.5 Å². The molecule has 25 heavy (non-hydrogen) atoms. The van der Waals surface area contributed by atoms with Crippen molar-refractivity contribution in [2.75, 3.05) is 0 Å². The molecule has 0 fully saturated rings. The number of halogens is 1. The van der Waals surface area contributed by atoms with Crippen molar-refractivity contribution in [3.63, 3.8) is 0 Å². The summed E-state index contributed by atoms with van der Waals surface area (Å²) >= 11 is 0. The Balaban J connectivity index is 1.46. The van der Waals surface area contributed by atoms with Crippen molar-refractivity contribution in [2.24, 2.45) is 5.73 Å². The average Bonchev–Trinajstić information content (AvgIpc) is 2.94. The van der Waals surface area contributed by atoms with Gasteiger partial charge in [0.2, 0.25) is 0 Å². The van der Waals surface area contributed by atoms with E-state index in [-0.39, 0.29) is 11.9 Å². The lowest BCUT2D eigenvalue weighted by atomic mass is 9.91. The summed E-state index contributed by atoms with van der Waals surface area (Å²) in [4.78, 5) is 0. The predicted octanol–water partition coefficient (Wildman–Crippen LogP) is 4.83. The molecule has 0 saturated carbocycles. The van der Waals surface area contributed by atoms with E-state index in [0.29, 0.717) is 11.7 Å².